The Labute approximate surface area is 151 Å². The van der Waals surface area contributed by atoms with Crippen molar-refractivity contribution in [2.45, 2.75) is 32.6 Å². The van der Waals surface area contributed by atoms with E-state index in [2.05, 4.69) is 31.1 Å². The number of aromatic nitrogens is 1. The fourth-order valence-electron chi connectivity index (χ4n) is 2.93. The van der Waals surface area contributed by atoms with Gasteiger partial charge in [0.1, 0.15) is 5.82 Å². The molecule has 1 saturated heterocycles. The Morgan fingerprint density at radius 3 is 2.50 bits per heavy atom. The zero-order chi connectivity index (χ0) is 16.9. The number of hydrogen-bond acceptors (Lipinski definition) is 3. The number of nitrogens with zero attached hydrogens (tertiary/aromatic N) is 2. The smallest absolute Gasteiger partial charge is 0.257 e. The van der Waals surface area contributed by atoms with E-state index < -0.39 is 0 Å². The molecule has 5 heteroatoms. The van der Waals surface area contributed by atoms with Gasteiger partial charge in [0, 0.05) is 29.4 Å². The van der Waals surface area contributed by atoms with Crippen molar-refractivity contribution in [2.24, 2.45) is 0 Å². The first-order valence-corrected chi connectivity index (χ1v) is 9.21. The van der Waals surface area contributed by atoms with Gasteiger partial charge in [-0.05, 0) is 55.7 Å². The second-order valence-corrected chi connectivity index (χ2v) is 7.08. The van der Waals surface area contributed by atoms with Crippen LogP contribution in [0.15, 0.2) is 41.0 Å². The average Bonchev–Trinajstić information content (AvgIpc) is 2.88. The van der Waals surface area contributed by atoms with Gasteiger partial charge in [-0.15, -0.1) is 0 Å². The van der Waals surface area contributed by atoms with Crippen LogP contribution in [0.1, 0.15) is 41.6 Å². The van der Waals surface area contributed by atoms with Crippen molar-refractivity contribution < 1.29 is 4.79 Å². The molecule has 24 heavy (non-hydrogen) atoms. The van der Waals surface area contributed by atoms with Gasteiger partial charge in [-0.3, -0.25) is 4.79 Å². The lowest BCUT2D eigenvalue weighted by Gasteiger charge is -2.21. The minimum absolute atomic E-state index is 0.133. The van der Waals surface area contributed by atoms with Crippen LogP contribution in [0.4, 0.5) is 11.5 Å². The molecular formula is C19H22BrN3O. The molecule has 3 rings (SSSR count). The van der Waals surface area contributed by atoms with Gasteiger partial charge in [-0.2, -0.15) is 0 Å². The van der Waals surface area contributed by atoms with E-state index in [0.717, 1.165) is 34.6 Å². The molecule has 0 saturated carbocycles. The summed E-state index contributed by atoms with van der Waals surface area (Å²) < 4.78 is 1.03. The molecule has 0 bridgehead atoms. The SMILES string of the molecule is Cc1cc(NC(=O)c2ccc(N3CCCCCC3)nc2)ccc1Br. The molecule has 1 N–H and O–H groups in total. The molecule has 2 heterocycles. The normalized spacial score (nSPS) is 15.0. The minimum Gasteiger partial charge on any atom is -0.357 e. The monoisotopic (exact) mass is 387 g/mol. The maximum Gasteiger partial charge on any atom is 0.257 e. The predicted octanol–water partition coefficient (Wildman–Crippen LogP) is 4.79. The Morgan fingerprint density at radius 2 is 1.88 bits per heavy atom. The van der Waals surface area contributed by atoms with E-state index in [9.17, 15) is 4.79 Å². The highest BCUT2D eigenvalue weighted by Gasteiger charge is 2.12. The first-order chi connectivity index (χ1) is 11.6. The van der Waals surface area contributed by atoms with Crippen molar-refractivity contribution in [1.82, 2.24) is 4.98 Å². The highest BCUT2D eigenvalue weighted by atomic mass is 79.9. The van der Waals surface area contributed by atoms with E-state index in [1.165, 1.54) is 25.7 Å². The van der Waals surface area contributed by atoms with Gasteiger partial charge in [0.15, 0.2) is 0 Å². The third-order valence-corrected chi connectivity index (χ3v) is 5.25. The number of rotatable bonds is 3. The number of benzene rings is 1. The van der Waals surface area contributed by atoms with Crippen molar-refractivity contribution in [3.8, 4) is 0 Å². The fourth-order valence-corrected chi connectivity index (χ4v) is 3.18. The number of carbonyl (C=O) groups is 1. The standard InChI is InChI=1S/C19H22BrN3O/c1-14-12-16(7-8-17(14)20)22-19(24)15-6-9-18(21-13-15)23-10-4-2-3-5-11-23/h6-9,12-13H,2-5,10-11H2,1H3,(H,22,24). The second-order valence-electron chi connectivity index (χ2n) is 6.22. The molecule has 0 unspecified atom stereocenters. The van der Waals surface area contributed by atoms with Crippen LogP contribution in [0.25, 0.3) is 0 Å². The molecule has 2 aromatic rings. The fraction of sp³-hybridized carbons (Fsp3) is 0.368. The number of amides is 1. The van der Waals surface area contributed by atoms with Crippen LogP contribution in [0, 0.1) is 6.92 Å². The van der Waals surface area contributed by atoms with Gasteiger partial charge in [0.25, 0.3) is 5.91 Å². The van der Waals surface area contributed by atoms with E-state index in [0.29, 0.717) is 5.56 Å². The van der Waals surface area contributed by atoms with Gasteiger partial charge >= 0.3 is 0 Å². The zero-order valence-electron chi connectivity index (χ0n) is 13.9. The average molecular weight is 388 g/mol. The summed E-state index contributed by atoms with van der Waals surface area (Å²) in [6, 6.07) is 9.57. The number of aryl methyl sites for hydroxylation is 1. The second kappa shape index (κ2) is 7.79. The van der Waals surface area contributed by atoms with Crippen LogP contribution in [0.5, 0.6) is 0 Å². The summed E-state index contributed by atoms with van der Waals surface area (Å²) in [6.07, 6.45) is 6.69. The van der Waals surface area contributed by atoms with Crippen LogP contribution in [0.2, 0.25) is 0 Å². The molecule has 0 radical (unpaired) electrons. The first-order valence-electron chi connectivity index (χ1n) is 8.42. The van der Waals surface area contributed by atoms with E-state index in [4.69, 9.17) is 0 Å². The predicted molar refractivity (Wildman–Crippen MR) is 102 cm³/mol. The molecule has 1 aromatic carbocycles. The number of anilines is 2. The van der Waals surface area contributed by atoms with E-state index >= 15 is 0 Å². The van der Waals surface area contributed by atoms with Crippen LogP contribution >= 0.6 is 15.9 Å². The van der Waals surface area contributed by atoms with Crippen molar-refractivity contribution in [2.75, 3.05) is 23.3 Å². The number of carbonyl (C=O) groups excluding carboxylic acids is 1. The highest BCUT2D eigenvalue weighted by Crippen LogP contribution is 2.21. The quantitative estimate of drug-likeness (QED) is 0.823. The molecule has 1 fully saturated rings. The van der Waals surface area contributed by atoms with Gasteiger partial charge in [-0.1, -0.05) is 28.8 Å². The molecule has 1 aliphatic heterocycles. The van der Waals surface area contributed by atoms with Crippen molar-refractivity contribution >= 4 is 33.3 Å². The number of pyridine rings is 1. The lowest BCUT2D eigenvalue weighted by Crippen LogP contribution is -2.25. The number of hydrogen-bond donors (Lipinski definition) is 1. The molecule has 0 aliphatic carbocycles. The molecule has 4 nitrogen and oxygen atoms in total. The molecule has 1 aromatic heterocycles. The van der Waals surface area contributed by atoms with E-state index in [1.54, 1.807) is 6.20 Å². The summed E-state index contributed by atoms with van der Waals surface area (Å²) in [7, 11) is 0. The lowest BCUT2D eigenvalue weighted by atomic mass is 10.2. The maximum atomic E-state index is 12.4. The molecule has 1 amide bonds. The highest BCUT2D eigenvalue weighted by molar-refractivity contribution is 9.10. The Hall–Kier alpha value is -1.88. The van der Waals surface area contributed by atoms with E-state index in [-0.39, 0.29) is 5.91 Å². The summed E-state index contributed by atoms with van der Waals surface area (Å²) in [4.78, 5) is 19.2. The summed E-state index contributed by atoms with van der Waals surface area (Å²) in [5.74, 6) is 0.833. The summed E-state index contributed by atoms with van der Waals surface area (Å²) in [5.41, 5.74) is 2.45. The van der Waals surface area contributed by atoms with Crippen LogP contribution in [-0.4, -0.2) is 24.0 Å². The van der Waals surface area contributed by atoms with Gasteiger partial charge in [-0.25, -0.2) is 4.98 Å². The van der Waals surface area contributed by atoms with Gasteiger partial charge in [0.2, 0.25) is 0 Å². The summed E-state index contributed by atoms with van der Waals surface area (Å²) in [5, 5.41) is 2.92. The Kier molecular flexibility index (Phi) is 5.51. The molecule has 0 atom stereocenters. The zero-order valence-corrected chi connectivity index (χ0v) is 15.5. The lowest BCUT2D eigenvalue weighted by molar-refractivity contribution is 0.102. The number of halogens is 1. The third kappa shape index (κ3) is 4.15. The summed E-state index contributed by atoms with van der Waals surface area (Å²) in [6.45, 7) is 4.10. The van der Waals surface area contributed by atoms with Crippen LogP contribution in [0.3, 0.4) is 0 Å². The Bertz CT molecular complexity index is 707. The van der Waals surface area contributed by atoms with E-state index in [1.807, 2.05) is 37.3 Å². The number of nitrogens with one attached hydrogen (secondary N) is 1. The van der Waals surface area contributed by atoms with Gasteiger partial charge in [0.05, 0.1) is 5.56 Å². The largest absolute Gasteiger partial charge is 0.357 e. The molecule has 1 aliphatic rings. The molecule has 126 valence electrons. The van der Waals surface area contributed by atoms with Crippen molar-refractivity contribution in [1.29, 1.82) is 0 Å². The minimum atomic E-state index is -0.133. The Balaban J connectivity index is 1.68. The van der Waals surface area contributed by atoms with Crippen LogP contribution in [-0.2, 0) is 0 Å². The molecular weight excluding hydrogens is 366 g/mol. The maximum absolute atomic E-state index is 12.4. The Morgan fingerprint density at radius 1 is 1.12 bits per heavy atom. The van der Waals surface area contributed by atoms with Crippen molar-refractivity contribution in [3.05, 3.63) is 52.1 Å². The van der Waals surface area contributed by atoms with Crippen LogP contribution < -0.4 is 10.2 Å². The van der Waals surface area contributed by atoms with Gasteiger partial charge < -0.3 is 10.2 Å². The molecule has 0 spiro atoms. The first kappa shape index (κ1) is 17.0. The third-order valence-electron chi connectivity index (χ3n) is 4.36. The van der Waals surface area contributed by atoms with Crippen molar-refractivity contribution in [3.63, 3.8) is 0 Å². The summed E-state index contributed by atoms with van der Waals surface area (Å²) >= 11 is 3.46. The topological polar surface area (TPSA) is 45.2 Å².